The lowest BCUT2D eigenvalue weighted by atomic mass is 10.0. The molecule has 0 radical (unpaired) electrons. The second-order valence-electron chi connectivity index (χ2n) is 16.5. The van der Waals surface area contributed by atoms with Gasteiger partial charge in [-0.15, -0.1) is 0 Å². The molecule has 0 saturated carbocycles. The average molecular weight is 835 g/mol. The van der Waals surface area contributed by atoms with E-state index < -0.39 is 58.4 Å². The summed E-state index contributed by atoms with van der Waals surface area (Å²) in [6, 6.07) is 0. The average Bonchev–Trinajstić information content (AvgIpc) is 3.20. The van der Waals surface area contributed by atoms with Crippen molar-refractivity contribution in [3.63, 3.8) is 0 Å². The monoisotopic (exact) mass is 835 g/mol. The molecule has 0 bridgehead atoms. The lowest BCUT2D eigenvalue weighted by molar-refractivity contribution is -0.153. The minimum atomic E-state index is -4.63. The molecule has 0 aliphatic carbocycles. The number of hydrogen-bond acceptors (Lipinski definition) is 9. The second kappa shape index (κ2) is 43.1. The van der Waals surface area contributed by atoms with Crippen LogP contribution in [0.2, 0.25) is 0 Å². The van der Waals surface area contributed by atoms with Gasteiger partial charge in [0.25, 0.3) is 0 Å². The predicted molar refractivity (Wildman–Crippen MR) is 233 cm³/mol. The minimum Gasteiger partial charge on any atom is -0.457 e. The van der Waals surface area contributed by atoms with E-state index in [4.69, 9.17) is 18.5 Å². The van der Waals surface area contributed by atoms with Crippen molar-refractivity contribution < 1.29 is 47.8 Å². The number of aliphatic hydroxyl groups is 2. The fourth-order valence-electron chi connectivity index (χ4n) is 7.12. The Morgan fingerprint density at radius 2 is 0.614 bits per heavy atom. The van der Waals surface area contributed by atoms with Crippen molar-refractivity contribution in [3.05, 3.63) is 0 Å². The third-order valence-electron chi connectivity index (χ3n) is 10.8. The Morgan fingerprint density at radius 1 is 0.404 bits per heavy atom. The van der Waals surface area contributed by atoms with E-state index in [-0.39, 0.29) is 12.8 Å². The van der Waals surface area contributed by atoms with E-state index in [1.807, 2.05) is 0 Å². The molecule has 11 heteroatoms. The maximum atomic E-state index is 12.4. The van der Waals surface area contributed by atoms with Gasteiger partial charge in [-0.3, -0.25) is 18.6 Å². The molecule has 0 aromatic rings. The zero-order valence-corrected chi connectivity index (χ0v) is 38.0. The van der Waals surface area contributed by atoms with E-state index in [1.54, 1.807) is 0 Å². The van der Waals surface area contributed by atoms with Crippen molar-refractivity contribution in [2.75, 3.05) is 26.4 Å². The number of rotatable bonds is 46. The molecule has 3 atom stereocenters. The number of carbonyl (C=O) groups is 2. The number of ether oxygens (including phenoxy) is 2. The summed E-state index contributed by atoms with van der Waals surface area (Å²) >= 11 is 0. The molecule has 0 aliphatic rings. The van der Waals surface area contributed by atoms with Crippen LogP contribution in [0.1, 0.15) is 245 Å². The van der Waals surface area contributed by atoms with E-state index >= 15 is 0 Å². The van der Waals surface area contributed by atoms with Crippen LogP contribution < -0.4 is 0 Å². The molecular weight excluding hydrogens is 743 g/mol. The predicted octanol–water partition coefficient (Wildman–Crippen LogP) is 13.0. The summed E-state index contributed by atoms with van der Waals surface area (Å²) in [5.41, 5.74) is 0. The van der Waals surface area contributed by atoms with Gasteiger partial charge in [-0.2, -0.15) is 0 Å². The Kier molecular flexibility index (Phi) is 42.3. The standard InChI is InChI=1S/C46H91O10P/c1-3-5-7-9-11-13-15-16-17-18-19-20-21-22-23-24-25-26-28-30-32-34-36-38-46(50)56-44(40-48)42-54-57(51,52)53-41-43(39-47)55-45(49)37-35-33-31-29-27-14-12-10-8-6-4-2/h43-44,47-48H,3-42H2,1-2H3,(H,51,52). The fourth-order valence-corrected chi connectivity index (χ4v) is 7.90. The summed E-state index contributed by atoms with van der Waals surface area (Å²) in [4.78, 5) is 34.5. The summed E-state index contributed by atoms with van der Waals surface area (Å²) in [6.07, 6.45) is 40.9. The molecule has 0 aliphatic heterocycles. The van der Waals surface area contributed by atoms with Crippen LogP contribution in [-0.4, -0.2) is 65.7 Å². The van der Waals surface area contributed by atoms with E-state index in [1.165, 1.54) is 167 Å². The highest BCUT2D eigenvalue weighted by atomic mass is 31.2. The number of unbranched alkanes of at least 4 members (excludes halogenated alkanes) is 32. The number of phosphoric acid groups is 1. The molecule has 0 fully saturated rings. The highest BCUT2D eigenvalue weighted by Gasteiger charge is 2.27. The van der Waals surface area contributed by atoms with Gasteiger partial charge in [0.2, 0.25) is 0 Å². The molecule has 3 N–H and O–H groups in total. The Balaban J connectivity index is 3.77. The molecule has 0 saturated heterocycles. The molecule has 340 valence electrons. The number of hydrogen-bond donors (Lipinski definition) is 3. The van der Waals surface area contributed by atoms with Crippen LogP contribution in [0.4, 0.5) is 0 Å². The van der Waals surface area contributed by atoms with E-state index in [9.17, 15) is 29.3 Å². The van der Waals surface area contributed by atoms with Gasteiger partial charge in [0.15, 0.2) is 0 Å². The van der Waals surface area contributed by atoms with Crippen LogP contribution >= 0.6 is 7.82 Å². The van der Waals surface area contributed by atoms with Gasteiger partial charge in [0, 0.05) is 12.8 Å². The number of carbonyl (C=O) groups excluding carboxylic acids is 2. The highest BCUT2D eigenvalue weighted by Crippen LogP contribution is 2.43. The van der Waals surface area contributed by atoms with Crippen molar-refractivity contribution in [2.45, 2.75) is 257 Å². The number of aliphatic hydroxyl groups excluding tert-OH is 2. The topological polar surface area (TPSA) is 149 Å². The molecule has 0 rings (SSSR count). The van der Waals surface area contributed by atoms with Crippen LogP contribution in [0, 0.1) is 0 Å². The van der Waals surface area contributed by atoms with Crippen LogP contribution in [-0.2, 0) is 32.7 Å². The fraction of sp³-hybridized carbons (Fsp3) is 0.957. The summed E-state index contributed by atoms with van der Waals surface area (Å²) in [5.74, 6) is -1.00. The first-order valence-corrected chi connectivity index (χ1v) is 25.5. The first-order chi connectivity index (χ1) is 27.8. The van der Waals surface area contributed by atoms with Gasteiger partial charge in [-0.1, -0.05) is 219 Å². The lowest BCUT2D eigenvalue weighted by Crippen LogP contribution is -2.28. The van der Waals surface area contributed by atoms with Crippen LogP contribution in [0.15, 0.2) is 0 Å². The van der Waals surface area contributed by atoms with E-state index in [0.717, 1.165) is 38.5 Å². The Morgan fingerprint density at radius 3 is 0.825 bits per heavy atom. The van der Waals surface area contributed by atoms with Gasteiger partial charge in [0.05, 0.1) is 26.4 Å². The second-order valence-corrected chi connectivity index (χ2v) is 17.9. The lowest BCUT2D eigenvalue weighted by Gasteiger charge is -2.20. The van der Waals surface area contributed by atoms with E-state index in [2.05, 4.69) is 13.8 Å². The minimum absolute atomic E-state index is 0.198. The molecule has 0 aromatic carbocycles. The zero-order valence-electron chi connectivity index (χ0n) is 37.1. The van der Waals surface area contributed by atoms with Gasteiger partial charge in [0.1, 0.15) is 12.2 Å². The maximum absolute atomic E-state index is 12.4. The Bertz CT molecular complexity index is 920. The molecule has 57 heavy (non-hydrogen) atoms. The SMILES string of the molecule is CCCCCCCCCCCCCCCCCCCCCCCCCC(=O)OC(CO)COP(=O)(O)OCC(CO)OC(=O)CCCCCCCCCCCCC. The molecule has 3 unspecified atom stereocenters. The Hall–Kier alpha value is -1.03. The van der Waals surface area contributed by atoms with Gasteiger partial charge < -0.3 is 24.6 Å². The molecular formula is C46H91O10P. The molecule has 0 aromatic heterocycles. The van der Waals surface area contributed by atoms with Crippen molar-refractivity contribution in [1.82, 2.24) is 0 Å². The Labute approximate surface area is 350 Å². The number of esters is 2. The van der Waals surface area contributed by atoms with Crippen LogP contribution in [0.5, 0.6) is 0 Å². The zero-order chi connectivity index (χ0) is 41.9. The third kappa shape index (κ3) is 41.5. The van der Waals surface area contributed by atoms with E-state index in [0.29, 0.717) is 12.8 Å². The molecule has 10 nitrogen and oxygen atoms in total. The van der Waals surface area contributed by atoms with Crippen molar-refractivity contribution >= 4 is 19.8 Å². The van der Waals surface area contributed by atoms with Crippen LogP contribution in [0.3, 0.4) is 0 Å². The highest BCUT2D eigenvalue weighted by molar-refractivity contribution is 7.47. The summed E-state index contributed by atoms with van der Waals surface area (Å²) in [7, 11) is -4.63. The molecule has 0 heterocycles. The van der Waals surface area contributed by atoms with Crippen molar-refractivity contribution in [1.29, 1.82) is 0 Å². The smallest absolute Gasteiger partial charge is 0.457 e. The number of phosphoric ester groups is 1. The largest absolute Gasteiger partial charge is 0.472 e. The summed E-state index contributed by atoms with van der Waals surface area (Å²) in [5, 5.41) is 19.2. The van der Waals surface area contributed by atoms with Gasteiger partial charge in [-0.25, -0.2) is 4.57 Å². The van der Waals surface area contributed by atoms with Crippen LogP contribution in [0.25, 0.3) is 0 Å². The van der Waals surface area contributed by atoms with Gasteiger partial charge in [-0.05, 0) is 12.8 Å². The maximum Gasteiger partial charge on any atom is 0.472 e. The third-order valence-corrected chi connectivity index (χ3v) is 11.8. The van der Waals surface area contributed by atoms with Gasteiger partial charge >= 0.3 is 19.8 Å². The normalized spacial score (nSPS) is 13.7. The van der Waals surface area contributed by atoms with Crippen molar-refractivity contribution in [3.8, 4) is 0 Å². The first kappa shape index (κ1) is 56.0. The quantitative estimate of drug-likeness (QED) is 0.0307. The molecule has 0 spiro atoms. The van der Waals surface area contributed by atoms with Crippen molar-refractivity contribution in [2.24, 2.45) is 0 Å². The first-order valence-electron chi connectivity index (χ1n) is 24.0. The molecule has 0 amide bonds. The summed E-state index contributed by atoms with van der Waals surface area (Å²) < 4.78 is 32.6. The summed E-state index contributed by atoms with van der Waals surface area (Å²) in [6.45, 7) is 2.25.